The van der Waals surface area contributed by atoms with Crippen molar-refractivity contribution in [3.8, 4) is 0 Å². The molecule has 4 nitrogen and oxygen atoms in total. The summed E-state index contributed by atoms with van der Waals surface area (Å²) in [7, 11) is 0. The fourth-order valence-electron chi connectivity index (χ4n) is 3.01. The summed E-state index contributed by atoms with van der Waals surface area (Å²) in [5, 5.41) is 0. The molecule has 0 atom stereocenters. The SMILES string of the molecule is CCCCCCCC/C(C(N)=O)=C(\CCCCCCCC)C(N)=O. The van der Waals surface area contributed by atoms with E-state index in [9.17, 15) is 9.59 Å². The van der Waals surface area contributed by atoms with Gasteiger partial charge in [0.15, 0.2) is 0 Å². The third-order valence-corrected chi connectivity index (χ3v) is 4.52. The van der Waals surface area contributed by atoms with E-state index in [1.54, 1.807) is 0 Å². The summed E-state index contributed by atoms with van der Waals surface area (Å²) >= 11 is 0. The second-order valence-corrected chi connectivity index (χ2v) is 6.72. The molecule has 0 rings (SSSR count). The van der Waals surface area contributed by atoms with Crippen LogP contribution in [0.25, 0.3) is 0 Å². The molecule has 4 heteroatoms. The molecule has 0 fully saturated rings. The third kappa shape index (κ3) is 11.3. The van der Waals surface area contributed by atoms with Crippen molar-refractivity contribution in [2.75, 3.05) is 0 Å². The Balaban J connectivity index is 4.44. The maximum absolute atomic E-state index is 11.7. The van der Waals surface area contributed by atoms with Gasteiger partial charge in [-0.2, -0.15) is 0 Å². The molecule has 140 valence electrons. The monoisotopic (exact) mass is 338 g/mol. The average Bonchev–Trinajstić information content (AvgIpc) is 2.54. The van der Waals surface area contributed by atoms with E-state index in [1.165, 1.54) is 51.4 Å². The molecular weight excluding hydrogens is 300 g/mol. The number of unbranched alkanes of at least 4 members (excludes halogenated alkanes) is 10. The first kappa shape index (κ1) is 22.7. The number of hydrogen-bond donors (Lipinski definition) is 2. The van der Waals surface area contributed by atoms with E-state index in [1.807, 2.05) is 0 Å². The standard InChI is InChI=1S/C20H38N2O2/c1-3-5-7-9-11-13-15-17(19(21)23)18(20(22)24)16-14-12-10-8-6-4-2/h3-16H2,1-2H3,(H2,21,23)(H2,22,24)/b18-17-. The molecule has 0 aliphatic rings. The lowest BCUT2D eigenvalue weighted by Crippen LogP contribution is -2.23. The minimum atomic E-state index is -0.483. The highest BCUT2D eigenvalue weighted by molar-refractivity contribution is 6.03. The Hall–Kier alpha value is -1.32. The Bertz CT molecular complexity index is 353. The first-order valence-electron chi connectivity index (χ1n) is 9.86. The number of primary amides is 2. The van der Waals surface area contributed by atoms with Gasteiger partial charge in [0.05, 0.1) is 0 Å². The highest BCUT2D eigenvalue weighted by Gasteiger charge is 2.16. The minimum Gasteiger partial charge on any atom is -0.366 e. The molecule has 0 saturated carbocycles. The molecule has 0 aliphatic heterocycles. The molecule has 24 heavy (non-hydrogen) atoms. The molecule has 0 radical (unpaired) electrons. The number of carbonyl (C=O) groups excluding carboxylic acids is 2. The van der Waals surface area contributed by atoms with Crippen molar-refractivity contribution in [2.45, 2.75) is 104 Å². The summed E-state index contributed by atoms with van der Waals surface area (Å²) in [6.45, 7) is 4.38. The summed E-state index contributed by atoms with van der Waals surface area (Å²) in [4.78, 5) is 23.5. The zero-order valence-electron chi connectivity index (χ0n) is 15.9. The second-order valence-electron chi connectivity index (χ2n) is 6.72. The Morgan fingerprint density at radius 2 is 0.833 bits per heavy atom. The lowest BCUT2D eigenvalue weighted by Gasteiger charge is -2.11. The van der Waals surface area contributed by atoms with Crippen LogP contribution in [0.5, 0.6) is 0 Å². The van der Waals surface area contributed by atoms with Gasteiger partial charge in [0, 0.05) is 11.1 Å². The molecule has 0 unspecified atom stereocenters. The van der Waals surface area contributed by atoms with E-state index < -0.39 is 11.8 Å². The van der Waals surface area contributed by atoms with Gasteiger partial charge in [0.25, 0.3) is 0 Å². The van der Waals surface area contributed by atoms with Gasteiger partial charge in [-0.3, -0.25) is 9.59 Å². The van der Waals surface area contributed by atoms with Gasteiger partial charge >= 0.3 is 0 Å². The number of rotatable bonds is 16. The van der Waals surface area contributed by atoms with E-state index >= 15 is 0 Å². The van der Waals surface area contributed by atoms with Crippen LogP contribution in [0.2, 0.25) is 0 Å². The highest BCUT2D eigenvalue weighted by atomic mass is 16.2. The predicted molar refractivity (Wildman–Crippen MR) is 101 cm³/mol. The smallest absolute Gasteiger partial charge is 0.245 e. The van der Waals surface area contributed by atoms with Crippen LogP contribution in [-0.2, 0) is 9.59 Å². The predicted octanol–water partition coefficient (Wildman–Crippen LogP) is 4.75. The number of hydrogen-bond acceptors (Lipinski definition) is 2. The summed E-state index contributed by atoms with van der Waals surface area (Å²) in [6.07, 6.45) is 14.8. The van der Waals surface area contributed by atoms with Crippen molar-refractivity contribution in [1.82, 2.24) is 0 Å². The Kier molecular flexibility index (Phi) is 14.4. The molecule has 0 aromatic heterocycles. The van der Waals surface area contributed by atoms with Crippen molar-refractivity contribution in [3.63, 3.8) is 0 Å². The van der Waals surface area contributed by atoms with E-state index in [0.29, 0.717) is 24.0 Å². The van der Waals surface area contributed by atoms with E-state index in [4.69, 9.17) is 11.5 Å². The molecule has 0 heterocycles. The maximum atomic E-state index is 11.7. The van der Waals surface area contributed by atoms with Gasteiger partial charge in [0.2, 0.25) is 11.8 Å². The van der Waals surface area contributed by atoms with Gasteiger partial charge in [-0.05, 0) is 25.7 Å². The fourth-order valence-corrected chi connectivity index (χ4v) is 3.01. The highest BCUT2D eigenvalue weighted by Crippen LogP contribution is 2.20. The molecule has 0 aromatic carbocycles. The van der Waals surface area contributed by atoms with Crippen molar-refractivity contribution >= 4 is 11.8 Å². The Morgan fingerprint density at radius 1 is 0.542 bits per heavy atom. The summed E-state index contributed by atoms with van der Waals surface area (Å²) < 4.78 is 0. The molecule has 4 N–H and O–H groups in total. The van der Waals surface area contributed by atoms with Crippen molar-refractivity contribution in [3.05, 3.63) is 11.1 Å². The largest absolute Gasteiger partial charge is 0.366 e. The van der Waals surface area contributed by atoms with E-state index in [0.717, 1.165) is 25.7 Å². The van der Waals surface area contributed by atoms with Crippen LogP contribution in [0.15, 0.2) is 11.1 Å². The minimum absolute atomic E-state index is 0.464. The lowest BCUT2D eigenvalue weighted by molar-refractivity contribution is -0.117. The zero-order chi connectivity index (χ0) is 18.2. The van der Waals surface area contributed by atoms with Gasteiger partial charge in [-0.15, -0.1) is 0 Å². The molecular formula is C20H38N2O2. The van der Waals surface area contributed by atoms with E-state index in [2.05, 4.69) is 13.8 Å². The van der Waals surface area contributed by atoms with Crippen molar-refractivity contribution in [2.24, 2.45) is 11.5 Å². The topological polar surface area (TPSA) is 86.2 Å². The van der Waals surface area contributed by atoms with Gasteiger partial charge in [-0.25, -0.2) is 0 Å². The summed E-state index contributed by atoms with van der Waals surface area (Å²) in [5.74, 6) is -0.966. The van der Waals surface area contributed by atoms with Crippen LogP contribution < -0.4 is 11.5 Å². The molecule has 0 spiro atoms. The zero-order valence-corrected chi connectivity index (χ0v) is 15.9. The van der Waals surface area contributed by atoms with Gasteiger partial charge < -0.3 is 11.5 Å². The van der Waals surface area contributed by atoms with Crippen LogP contribution in [0.1, 0.15) is 104 Å². The first-order valence-corrected chi connectivity index (χ1v) is 9.86. The lowest BCUT2D eigenvalue weighted by atomic mass is 9.95. The van der Waals surface area contributed by atoms with Gasteiger partial charge in [0.1, 0.15) is 0 Å². The molecule has 2 amide bonds. The molecule has 0 bridgehead atoms. The van der Waals surface area contributed by atoms with E-state index in [-0.39, 0.29) is 0 Å². The maximum Gasteiger partial charge on any atom is 0.245 e. The number of amides is 2. The van der Waals surface area contributed by atoms with Crippen LogP contribution >= 0.6 is 0 Å². The summed E-state index contributed by atoms with van der Waals surface area (Å²) in [6, 6.07) is 0. The molecule has 0 aliphatic carbocycles. The normalized spacial score (nSPS) is 12.1. The number of carbonyl (C=O) groups is 2. The molecule has 0 saturated heterocycles. The Morgan fingerprint density at radius 3 is 1.12 bits per heavy atom. The van der Waals surface area contributed by atoms with Crippen LogP contribution in [0, 0.1) is 0 Å². The average molecular weight is 339 g/mol. The fraction of sp³-hybridized carbons (Fsp3) is 0.800. The second kappa shape index (κ2) is 15.2. The van der Waals surface area contributed by atoms with Crippen LogP contribution in [0.3, 0.4) is 0 Å². The molecule has 0 aromatic rings. The van der Waals surface area contributed by atoms with Crippen molar-refractivity contribution < 1.29 is 9.59 Å². The number of nitrogens with two attached hydrogens (primary N) is 2. The van der Waals surface area contributed by atoms with Gasteiger partial charge in [-0.1, -0.05) is 78.1 Å². The quantitative estimate of drug-likeness (QED) is 0.314. The first-order chi connectivity index (χ1) is 11.5. The van der Waals surface area contributed by atoms with Crippen molar-refractivity contribution in [1.29, 1.82) is 0 Å². The van der Waals surface area contributed by atoms with Crippen LogP contribution in [-0.4, -0.2) is 11.8 Å². The van der Waals surface area contributed by atoms with Crippen LogP contribution in [0.4, 0.5) is 0 Å². The Labute approximate surface area is 148 Å². The third-order valence-electron chi connectivity index (χ3n) is 4.52. The summed E-state index contributed by atoms with van der Waals surface area (Å²) in [5.41, 5.74) is 11.9.